The van der Waals surface area contributed by atoms with E-state index in [1.165, 1.54) is 0 Å². The van der Waals surface area contributed by atoms with Crippen molar-refractivity contribution >= 4 is 11.8 Å². The van der Waals surface area contributed by atoms with Gasteiger partial charge in [-0.05, 0) is 39.2 Å². The van der Waals surface area contributed by atoms with E-state index in [0.29, 0.717) is 19.2 Å². The molecule has 6 nitrogen and oxygen atoms in total. The first-order valence-electron chi connectivity index (χ1n) is 8.88. The second-order valence-corrected chi connectivity index (χ2v) is 6.71. The van der Waals surface area contributed by atoms with Crippen LogP contribution in [0.4, 0.5) is 0 Å². The number of carbonyl (C=O) groups is 2. The Bertz CT molecular complexity index is 412. The zero-order valence-corrected chi connectivity index (χ0v) is 14.6. The molecule has 2 aliphatic heterocycles. The van der Waals surface area contributed by atoms with Crippen molar-refractivity contribution in [3.8, 4) is 0 Å². The molecule has 0 radical (unpaired) electrons. The monoisotopic (exact) mass is 325 g/mol. The third-order valence-electron chi connectivity index (χ3n) is 5.27. The van der Waals surface area contributed by atoms with Crippen LogP contribution in [0.1, 0.15) is 45.4 Å². The molecule has 0 aromatic carbocycles. The first kappa shape index (κ1) is 18.2. The van der Waals surface area contributed by atoms with Crippen molar-refractivity contribution in [2.45, 2.75) is 63.6 Å². The average molecular weight is 325 g/mol. The van der Waals surface area contributed by atoms with Crippen molar-refractivity contribution in [2.75, 3.05) is 27.3 Å². The number of nitrogens with zero attached hydrogens (tertiary/aromatic N) is 1. The van der Waals surface area contributed by atoms with Gasteiger partial charge in [-0.25, -0.2) is 0 Å². The Kier molecular flexibility index (Phi) is 6.84. The first-order chi connectivity index (χ1) is 11.1. The number of methoxy groups -OCH3 is 1. The summed E-state index contributed by atoms with van der Waals surface area (Å²) in [5.74, 6) is 0.0825. The summed E-state index contributed by atoms with van der Waals surface area (Å²) < 4.78 is 5.29. The van der Waals surface area contributed by atoms with Crippen LogP contribution in [0.25, 0.3) is 0 Å². The molecule has 0 saturated carbocycles. The summed E-state index contributed by atoms with van der Waals surface area (Å²) in [6, 6.07) is 0.384. The number of rotatable bonds is 7. The Hall–Kier alpha value is -1.14. The van der Waals surface area contributed by atoms with E-state index in [9.17, 15) is 9.59 Å². The molecule has 0 aromatic rings. The predicted octanol–water partition coefficient (Wildman–Crippen LogP) is 0.907. The van der Waals surface area contributed by atoms with Gasteiger partial charge in [-0.3, -0.25) is 9.59 Å². The van der Waals surface area contributed by atoms with Gasteiger partial charge in [-0.15, -0.1) is 0 Å². The van der Waals surface area contributed by atoms with E-state index in [1.807, 2.05) is 6.92 Å². The fraction of sp³-hybridized carbons (Fsp3) is 0.882. The summed E-state index contributed by atoms with van der Waals surface area (Å²) in [4.78, 5) is 27.1. The molecule has 2 aliphatic rings. The number of amides is 2. The number of carbonyl (C=O) groups excluding carboxylic acids is 2. The fourth-order valence-electron chi connectivity index (χ4n) is 3.95. The Morgan fingerprint density at radius 3 is 2.78 bits per heavy atom. The van der Waals surface area contributed by atoms with Crippen LogP contribution in [0.2, 0.25) is 0 Å². The number of hydrogen-bond donors (Lipinski definition) is 2. The molecule has 3 unspecified atom stereocenters. The molecule has 2 N–H and O–H groups in total. The van der Waals surface area contributed by atoms with E-state index < -0.39 is 0 Å². The molecular weight excluding hydrogens is 294 g/mol. The maximum atomic E-state index is 12.9. The van der Waals surface area contributed by atoms with E-state index >= 15 is 0 Å². The highest BCUT2D eigenvalue weighted by atomic mass is 16.5. The second kappa shape index (κ2) is 8.64. The van der Waals surface area contributed by atoms with Crippen LogP contribution in [-0.2, 0) is 14.3 Å². The zero-order valence-electron chi connectivity index (χ0n) is 14.6. The molecule has 23 heavy (non-hydrogen) atoms. The SMILES string of the molecule is CCC(NC)C(=O)NCC1CCCC2CC[C@@H](COC)N2C1=O. The summed E-state index contributed by atoms with van der Waals surface area (Å²) in [7, 11) is 3.48. The Morgan fingerprint density at radius 1 is 1.35 bits per heavy atom. The minimum absolute atomic E-state index is 0.0153. The van der Waals surface area contributed by atoms with Crippen LogP contribution in [-0.4, -0.2) is 62.1 Å². The third kappa shape index (κ3) is 4.23. The van der Waals surface area contributed by atoms with Gasteiger partial charge in [-0.1, -0.05) is 13.3 Å². The maximum absolute atomic E-state index is 12.9. The number of ether oxygens (including phenoxy) is 1. The highest BCUT2D eigenvalue weighted by Crippen LogP contribution is 2.33. The van der Waals surface area contributed by atoms with Crippen molar-refractivity contribution in [3.05, 3.63) is 0 Å². The van der Waals surface area contributed by atoms with Crippen LogP contribution < -0.4 is 10.6 Å². The highest BCUT2D eigenvalue weighted by molar-refractivity contribution is 5.84. The molecule has 2 heterocycles. The van der Waals surface area contributed by atoms with Crippen molar-refractivity contribution in [1.82, 2.24) is 15.5 Å². The van der Waals surface area contributed by atoms with Crippen LogP contribution in [0.5, 0.6) is 0 Å². The van der Waals surface area contributed by atoms with Gasteiger partial charge in [0.25, 0.3) is 0 Å². The smallest absolute Gasteiger partial charge is 0.237 e. The zero-order chi connectivity index (χ0) is 16.8. The van der Waals surface area contributed by atoms with Crippen LogP contribution in [0.3, 0.4) is 0 Å². The summed E-state index contributed by atoms with van der Waals surface area (Å²) in [6.07, 6.45) is 5.84. The Morgan fingerprint density at radius 2 is 2.13 bits per heavy atom. The molecule has 0 spiro atoms. The van der Waals surface area contributed by atoms with Gasteiger partial charge in [0.15, 0.2) is 0 Å². The normalized spacial score (nSPS) is 29.1. The van der Waals surface area contributed by atoms with E-state index in [2.05, 4.69) is 15.5 Å². The van der Waals surface area contributed by atoms with Crippen molar-refractivity contribution in [1.29, 1.82) is 0 Å². The lowest BCUT2D eigenvalue weighted by Gasteiger charge is -2.31. The topological polar surface area (TPSA) is 70.7 Å². The molecule has 6 heteroatoms. The summed E-state index contributed by atoms with van der Waals surface area (Å²) >= 11 is 0. The van der Waals surface area contributed by atoms with E-state index in [-0.39, 0.29) is 29.8 Å². The van der Waals surface area contributed by atoms with Gasteiger partial charge in [-0.2, -0.15) is 0 Å². The lowest BCUT2D eigenvalue weighted by atomic mass is 10.0. The minimum atomic E-state index is -0.184. The van der Waals surface area contributed by atoms with Crippen molar-refractivity contribution in [2.24, 2.45) is 5.92 Å². The summed E-state index contributed by atoms with van der Waals surface area (Å²) in [6.45, 7) is 3.03. The number of likely N-dealkylation sites (N-methyl/N-ethyl adjacent to an activating group) is 1. The van der Waals surface area contributed by atoms with Gasteiger partial charge >= 0.3 is 0 Å². The predicted molar refractivity (Wildman–Crippen MR) is 89.0 cm³/mol. The van der Waals surface area contributed by atoms with E-state index in [0.717, 1.165) is 38.5 Å². The standard InChI is InChI=1S/C17H31N3O3/c1-4-15(18-2)16(21)19-10-12-6-5-7-13-8-9-14(11-23-3)20(13)17(12)22/h12-15,18H,4-11H2,1-3H3,(H,19,21)/t12?,13?,14-,15?/m0/s1. The van der Waals surface area contributed by atoms with Crippen LogP contribution >= 0.6 is 0 Å². The molecule has 0 bridgehead atoms. The molecule has 2 saturated heterocycles. The fourth-order valence-corrected chi connectivity index (χ4v) is 3.95. The maximum Gasteiger partial charge on any atom is 0.237 e. The third-order valence-corrected chi connectivity index (χ3v) is 5.27. The van der Waals surface area contributed by atoms with E-state index in [1.54, 1.807) is 14.2 Å². The van der Waals surface area contributed by atoms with Gasteiger partial charge in [0, 0.05) is 19.7 Å². The number of fused-ring (bicyclic) bond motifs is 1. The van der Waals surface area contributed by atoms with Gasteiger partial charge in [0.1, 0.15) is 0 Å². The Balaban J connectivity index is 1.96. The van der Waals surface area contributed by atoms with Gasteiger partial charge < -0.3 is 20.3 Å². The van der Waals surface area contributed by atoms with Crippen molar-refractivity contribution < 1.29 is 14.3 Å². The minimum Gasteiger partial charge on any atom is -0.383 e. The lowest BCUT2D eigenvalue weighted by molar-refractivity contribution is -0.138. The second-order valence-electron chi connectivity index (χ2n) is 6.71. The molecule has 2 rings (SSSR count). The molecule has 2 fully saturated rings. The van der Waals surface area contributed by atoms with Crippen LogP contribution in [0.15, 0.2) is 0 Å². The number of hydrogen-bond acceptors (Lipinski definition) is 4. The first-order valence-corrected chi connectivity index (χ1v) is 8.88. The van der Waals surface area contributed by atoms with E-state index in [4.69, 9.17) is 4.74 Å². The molecule has 132 valence electrons. The summed E-state index contributed by atoms with van der Waals surface area (Å²) in [5, 5.41) is 5.96. The van der Waals surface area contributed by atoms with Gasteiger partial charge in [0.2, 0.25) is 11.8 Å². The number of nitrogens with one attached hydrogen (secondary N) is 2. The molecule has 2 amide bonds. The molecular formula is C17H31N3O3. The molecule has 0 aromatic heterocycles. The summed E-state index contributed by atoms with van der Waals surface area (Å²) in [5.41, 5.74) is 0. The highest BCUT2D eigenvalue weighted by Gasteiger charge is 2.41. The molecule has 0 aliphatic carbocycles. The lowest BCUT2D eigenvalue weighted by Crippen LogP contribution is -2.49. The van der Waals surface area contributed by atoms with Crippen LogP contribution in [0, 0.1) is 5.92 Å². The van der Waals surface area contributed by atoms with Gasteiger partial charge in [0.05, 0.1) is 24.6 Å². The quantitative estimate of drug-likeness (QED) is 0.730. The Labute approximate surface area is 139 Å². The average Bonchev–Trinajstić information content (AvgIpc) is 2.86. The largest absolute Gasteiger partial charge is 0.383 e. The van der Waals surface area contributed by atoms with Crippen molar-refractivity contribution in [3.63, 3.8) is 0 Å². The molecule has 4 atom stereocenters.